The number of likely N-dealkylation sites (N-methyl/N-ethyl adjacent to an activating group) is 1. The fourth-order valence-corrected chi connectivity index (χ4v) is 2.40. The number of rotatable bonds is 4. The SMILES string of the molecule is Cc1ccc(CN(C)CC2CCCN2)cc1F. The Morgan fingerprint density at radius 2 is 2.29 bits per heavy atom. The fourth-order valence-electron chi connectivity index (χ4n) is 2.40. The molecular formula is C14H21FN2. The molecule has 0 spiro atoms. The average Bonchev–Trinajstić information content (AvgIpc) is 2.76. The van der Waals surface area contributed by atoms with Crippen molar-refractivity contribution in [3.63, 3.8) is 0 Å². The number of nitrogens with zero attached hydrogens (tertiary/aromatic N) is 1. The monoisotopic (exact) mass is 236 g/mol. The first-order valence-corrected chi connectivity index (χ1v) is 6.32. The minimum Gasteiger partial charge on any atom is -0.313 e. The van der Waals surface area contributed by atoms with Gasteiger partial charge < -0.3 is 10.2 Å². The molecule has 1 saturated heterocycles. The van der Waals surface area contributed by atoms with Gasteiger partial charge in [-0.1, -0.05) is 12.1 Å². The van der Waals surface area contributed by atoms with Crippen LogP contribution >= 0.6 is 0 Å². The maximum absolute atomic E-state index is 13.4. The van der Waals surface area contributed by atoms with Gasteiger partial charge in [0, 0.05) is 19.1 Å². The van der Waals surface area contributed by atoms with Crippen molar-refractivity contribution in [3.05, 3.63) is 35.1 Å². The normalized spacial score (nSPS) is 20.1. The highest BCUT2D eigenvalue weighted by atomic mass is 19.1. The summed E-state index contributed by atoms with van der Waals surface area (Å²) in [5.74, 6) is -0.102. The van der Waals surface area contributed by atoms with Crippen LogP contribution in [0.3, 0.4) is 0 Å². The first kappa shape index (κ1) is 12.5. The zero-order valence-corrected chi connectivity index (χ0v) is 10.7. The number of hydrogen-bond donors (Lipinski definition) is 1. The van der Waals surface area contributed by atoms with Crippen LogP contribution in [0.4, 0.5) is 4.39 Å². The summed E-state index contributed by atoms with van der Waals surface area (Å²) in [6, 6.07) is 6.12. The molecule has 1 aliphatic rings. The highest BCUT2D eigenvalue weighted by molar-refractivity contribution is 5.23. The molecule has 2 rings (SSSR count). The van der Waals surface area contributed by atoms with Crippen LogP contribution < -0.4 is 5.32 Å². The molecule has 1 unspecified atom stereocenters. The Kier molecular flexibility index (Phi) is 4.13. The lowest BCUT2D eigenvalue weighted by molar-refractivity contribution is 0.293. The molecule has 2 nitrogen and oxygen atoms in total. The summed E-state index contributed by atoms with van der Waals surface area (Å²) < 4.78 is 13.4. The molecule has 0 bridgehead atoms. The van der Waals surface area contributed by atoms with Crippen LogP contribution in [0.5, 0.6) is 0 Å². The average molecular weight is 236 g/mol. The maximum Gasteiger partial charge on any atom is 0.126 e. The van der Waals surface area contributed by atoms with Crippen LogP contribution in [0, 0.1) is 12.7 Å². The van der Waals surface area contributed by atoms with Gasteiger partial charge in [0.1, 0.15) is 5.82 Å². The van der Waals surface area contributed by atoms with Gasteiger partial charge in [0.2, 0.25) is 0 Å². The van der Waals surface area contributed by atoms with Crippen LogP contribution in [-0.2, 0) is 6.54 Å². The molecule has 0 aliphatic carbocycles. The van der Waals surface area contributed by atoms with E-state index in [1.54, 1.807) is 13.0 Å². The summed E-state index contributed by atoms with van der Waals surface area (Å²) >= 11 is 0. The standard InChI is InChI=1S/C14H21FN2/c1-11-5-6-12(8-14(11)15)9-17(2)10-13-4-3-7-16-13/h5-6,8,13,16H,3-4,7,9-10H2,1-2H3. The topological polar surface area (TPSA) is 15.3 Å². The molecule has 0 aromatic heterocycles. The molecule has 1 aromatic carbocycles. The first-order valence-electron chi connectivity index (χ1n) is 6.32. The number of aryl methyl sites for hydroxylation is 1. The molecule has 1 fully saturated rings. The van der Waals surface area contributed by atoms with Gasteiger partial charge in [0.15, 0.2) is 0 Å². The minimum absolute atomic E-state index is 0.102. The van der Waals surface area contributed by atoms with Crippen LogP contribution in [0.2, 0.25) is 0 Å². The first-order chi connectivity index (χ1) is 8.15. The third kappa shape index (κ3) is 3.51. The Morgan fingerprint density at radius 3 is 2.94 bits per heavy atom. The van der Waals surface area contributed by atoms with Crippen molar-refractivity contribution in [2.75, 3.05) is 20.1 Å². The number of benzene rings is 1. The van der Waals surface area contributed by atoms with Crippen LogP contribution in [-0.4, -0.2) is 31.1 Å². The lowest BCUT2D eigenvalue weighted by atomic mass is 10.1. The smallest absolute Gasteiger partial charge is 0.126 e. The third-order valence-corrected chi connectivity index (χ3v) is 3.38. The number of hydrogen-bond acceptors (Lipinski definition) is 2. The van der Waals surface area contributed by atoms with Gasteiger partial charge in [-0.25, -0.2) is 4.39 Å². The van der Waals surface area contributed by atoms with E-state index in [-0.39, 0.29) is 5.82 Å². The zero-order valence-electron chi connectivity index (χ0n) is 10.7. The molecule has 17 heavy (non-hydrogen) atoms. The zero-order chi connectivity index (χ0) is 12.3. The highest BCUT2D eigenvalue weighted by Gasteiger charge is 2.15. The van der Waals surface area contributed by atoms with Crippen molar-refractivity contribution in [1.82, 2.24) is 10.2 Å². The van der Waals surface area contributed by atoms with Gasteiger partial charge in [-0.2, -0.15) is 0 Å². The number of nitrogens with one attached hydrogen (secondary N) is 1. The molecule has 94 valence electrons. The molecule has 1 aromatic rings. The van der Waals surface area contributed by atoms with E-state index in [1.165, 1.54) is 12.8 Å². The van der Waals surface area contributed by atoms with Crippen molar-refractivity contribution in [1.29, 1.82) is 0 Å². The summed E-state index contributed by atoms with van der Waals surface area (Å²) in [6.07, 6.45) is 2.53. The fraction of sp³-hybridized carbons (Fsp3) is 0.571. The molecule has 0 amide bonds. The summed E-state index contributed by atoms with van der Waals surface area (Å²) in [7, 11) is 2.10. The molecular weight excluding hydrogens is 215 g/mol. The molecule has 3 heteroatoms. The van der Waals surface area contributed by atoms with Gasteiger partial charge in [0.25, 0.3) is 0 Å². The number of halogens is 1. The molecule has 1 atom stereocenters. The summed E-state index contributed by atoms with van der Waals surface area (Å²) in [5.41, 5.74) is 1.77. The Bertz CT molecular complexity index is 372. The van der Waals surface area contributed by atoms with Gasteiger partial charge in [-0.05, 0) is 50.6 Å². The molecule has 1 heterocycles. The second-order valence-electron chi connectivity index (χ2n) is 5.07. The second-order valence-corrected chi connectivity index (χ2v) is 5.07. The quantitative estimate of drug-likeness (QED) is 0.863. The van der Waals surface area contributed by atoms with E-state index >= 15 is 0 Å². The molecule has 0 saturated carbocycles. The predicted molar refractivity (Wildman–Crippen MR) is 68.5 cm³/mol. The maximum atomic E-state index is 13.4. The Labute approximate surface area is 103 Å². The second kappa shape index (κ2) is 5.61. The van der Waals surface area contributed by atoms with E-state index in [9.17, 15) is 4.39 Å². The molecule has 1 N–H and O–H groups in total. The third-order valence-electron chi connectivity index (χ3n) is 3.38. The van der Waals surface area contributed by atoms with Crippen LogP contribution in [0.1, 0.15) is 24.0 Å². The Hall–Kier alpha value is -0.930. The highest BCUT2D eigenvalue weighted by Crippen LogP contribution is 2.12. The largest absolute Gasteiger partial charge is 0.313 e. The van der Waals surface area contributed by atoms with Crippen molar-refractivity contribution in [2.45, 2.75) is 32.4 Å². The minimum atomic E-state index is -0.102. The summed E-state index contributed by atoms with van der Waals surface area (Å²) in [5, 5.41) is 3.48. The summed E-state index contributed by atoms with van der Waals surface area (Å²) in [6.45, 7) is 4.79. The van der Waals surface area contributed by atoms with Gasteiger partial charge in [-0.15, -0.1) is 0 Å². The molecule has 1 aliphatic heterocycles. The van der Waals surface area contributed by atoms with Gasteiger partial charge >= 0.3 is 0 Å². The van der Waals surface area contributed by atoms with E-state index in [0.29, 0.717) is 11.6 Å². The van der Waals surface area contributed by atoms with Crippen molar-refractivity contribution < 1.29 is 4.39 Å². The Morgan fingerprint density at radius 1 is 1.47 bits per heavy atom. The van der Waals surface area contributed by atoms with E-state index in [4.69, 9.17) is 0 Å². The molecule has 0 radical (unpaired) electrons. The van der Waals surface area contributed by atoms with E-state index in [1.807, 2.05) is 12.1 Å². The summed E-state index contributed by atoms with van der Waals surface area (Å²) in [4.78, 5) is 2.26. The van der Waals surface area contributed by atoms with Gasteiger partial charge in [-0.3, -0.25) is 0 Å². The van der Waals surface area contributed by atoms with Crippen LogP contribution in [0.25, 0.3) is 0 Å². The van der Waals surface area contributed by atoms with Gasteiger partial charge in [0.05, 0.1) is 0 Å². The van der Waals surface area contributed by atoms with E-state index in [0.717, 1.165) is 25.2 Å². The van der Waals surface area contributed by atoms with Crippen molar-refractivity contribution >= 4 is 0 Å². The van der Waals surface area contributed by atoms with E-state index in [2.05, 4.69) is 17.3 Å². The lowest BCUT2D eigenvalue weighted by Crippen LogP contribution is -2.34. The predicted octanol–water partition coefficient (Wildman–Crippen LogP) is 2.32. The van der Waals surface area contributed by atoms with E-state index < -0.39 is 0 Å². The van der Waals surface area contributed by atoms with Crippen LogP contribution in [0.15, 0.2) is 18.2 Å². The Balaban J connectivity index is 1.88. The lowest BCUT2D eigenvalue weighted by Gasteiger charge is -2.21. The van der Waals surface area contributed by atoms with Crippen molar-refractivity contribution in [2.24, 2.45) is 0 Å². The van der Waals surface area contributed by atoms with Crippen molar-refractivity contribution in [3.8, 4) is 0 Å².